The molecule has 336 valence electrons. The van der Waals surface area contributed by atoms with E-state index >= 15 is 0 Å². The summed E-state index contributed by atoms with van der Waals surface area (Å²) in [7, 11) is -4.53. The molecule has 0 spiro atoms. The summed E-state index contributed by atoms with van der Waals surface area (Å²) < 4.78 is 33.3. The summed E-state index contributed by atoms with van der Waals surface area (Å²) in [5.41, 5.74) is 0. The molecule has 0 aromatic carbocycles. The van der Waals surface area contributed by atoms with Gasteiger partial charge in [0.2, 0.25) is 0 Å². The van der Waals surface area contributed by atoms with Gasteiger partial charge in [-0.1, -0.05) is 164 Å². The summed E-state index contributed by atoms with van der Waals surface area (Å²) in [6.45, 7) is 3.32. The fourth-order valence-electron chi connectivity index (χ4n) is 5.91. The lowest BCUT2D eigenvalue weighted by Crippen LogP contribution is -2.29. The minimum Gasteiger partial charge on any atom is -0.457 e. The van der Waals surface area contributed by atoms with E-state index in [9.17, 15) is 19.4 Å². The van der Waals surface area contributed by atoms with E-state index in [0.29, 0.717) is 13.0 Å². The standard InChI is InChI=1S/C48H85O9P/c1-3-5-7-9-11-13-15-17-18-19-20-21-22-23-24-25-26-27-29-31-33-35-37-39-41-54-44-47(45-56-58(52,53)55-43-46(50)42-49)57-48(51)40-38-36-34-32-30-28-16-14-12-10-8-6-4-2/h6,8,12,14-15,17,19-20,22-23,28,30,46-47,49-50H,3-5,7,9-11,13,16,18,21,24-27,29,31-45H2,1-2H3,(H,52,53)/b8-6-,14-12-,17-15-,20-19-,23-22-,30-28-. The maximum atomic E-state index is 12.6. The summed E-state index contributed by atoms with van der Waals surface area (Å²) in [6, 6.07) is 0. The van der Waals surface area contributed by atoms with E-state index in [-0.39, 0.29) is 13.0 Å². The topological polar surface area (TPSA) is 132 Å². The van der Waals surface area contributed by atoms with Crippen LogP contribution in [0.25, 0.3) is 0 Å². The molecule has 0 saturated carbocycles. The molecule has 3 atom stereocenters. The van der Waals surface area contributed by atoms with Crippen LogP contribution >= 0.6 is 7.82 Å². The van der Waals surface area contributed by atoms with E-state index in [1.165, 1.54) is 77.0 Å². The Morgan fingerprint density at radius 3 is 1.48 bits per heavy atom. The lowest BCUT2D eigenvalue weighted by atomic mass is 10.1. The van der Waals surface area contributed by atoms with Crippen LogP contribution in [0, 0.1) is 0 Å². The Hall–Kier alpha value is -2.10. The number of esters is 1. The average molecular weight is 837 g/mol. The van der Waals surface area contributed by atoms with Gasteiger partial charge in [-0.3, -0.25) is 13.8 Å². The second-order valence-corrected chi connectivity index (χ2v) is 16.5. The van der Waals surface area contributed by atoms with E-state index in [2.05, 4.69) is 86.8 Å². The van der Waals surface area contributed by atoms with Gasteiger partial charge in [0.25, 0.3) is 0 Å². The number of hydrogen-bond acceptors (Lipinski definition) is 8. The molecular formula is C48H85O9P. The molecular weight excluding hydrogens is 751 g/mol. The van der Waals surface area contributed by atoms with Gasteiger partial charge in [-0.25, -0.2) is 4.57 Å². The molecule has 3 unspecified atom stereocenters. The molecule has 0 bridgehead atoms. The molecule has 0 aliphatic rings. The van der Waals surface area contributed by atoms with Crippen molar-refractivity contribution in [2.45, 2.75) is 193 Å². The molecule has 58 heavy (non-hydrogen) atoms. The fourth-order valence-corrected chi connectivity index (χ4v) is 6.70. The second kappa shape index (κ2) is 44.5. The summed E-state index contributed by atoms with van der Waals surface area (Å²) in [5.74, 6) is -0.416. The maximum Gasteiger partial charge on any atom is 0.472 e. The number of carbonyl (C=O) groups is 1. The van der Waals surface area contributed by atoms with E-state index in [1.807, 2.05) is 0 Å². The van der Waals surface area contributed by atoms with Crippen molar-refractivity contribution in [2.75, 3.05) is 33.0 Å². The third kappa shape index (κ3) is 43.5. The number of phosphoric ester groups is 1. The number of allylic oxidation sites excluding steroid dienone is 12. The van der Waals surface area contributed by atoms with Crippen LogP contribution < -0.4 is 0 Å². The van der Waals surface area contributed by atoms with Gasteiger partial charge in [0.1, 0.15) is 12.2 Å². The highest BCUT2D eigenvalue weighted by atomic mass is 31.2. The van der Waals surface area contributed by atoms with Gasteiger partial charge in [-0.2, -0.15) is 0 Å². The molecule has 9 nitrogen and oxygen atoms in total. The summed E-state index contributed by atoms with van der Waals surface area (Å²) in [5, 5.41) is 18.4. The van der Waals surface area contributed by atoms with Gasteiger partial charge in [-0.05, 0) is 83.5 Å². The third-order valence-electron chi connectivity index (χ3n) is 9.38. The smallest absolute Gasteiger partial charge is 0.457 e. The van der Waals surface area contributed by atoms with Crippen molar-refractivity contribution in [1.82, 2.24) is 0 Å². The molecule has 0 amide bonds. The largest absolute Gasteiger partial charge is 0.472 e. The molecule has 0 saturated heterocycles. The Kier molecular flexibility index (Phi) is 42.8. The molecule has 0 radical (unpaired) electrons. The van der Waals surface area contributed by atoms with Gasteiger partial charge in [0.05, 0.1) is 26.4 Å². The fraction of sp³-hybridized carbons (Fsp3) is 0.729. The zero-order valence-corrected chi connectivity index (χ0v) is 37.6. The number of rotatable bonds is 43. The van der Waals surface area contributed by atoms with E-state index in [0.717, 1.165) is 77.0 Å². The number of unbranched alkanes of at least 4 members (excludes halogenated alkanes) is 17. The lowest BCUT2D eigenvalue weighted by Gasteiger charge is -2.20. The molecule has 3 N–H and O–H groups in total. The monoisotopic (exact) mass is 837 g/mol. The second-order valence-electron chi connectivity index (χ2n) is 15.0. The molecule has 0 aliphatic heterocycles. The molecule has 0 heterocycles. The lowest BCUT2D eigenvalue weighted by molar-refractivity contribution is -0.154. The quantitative estimate of drug-likeness (QED) is 0.0238. The minimum atomic E-state index is -4.53. The third-order valence-corrected chi connectivity index (χ3v) is 10.3. The van der Waals surface area contributed by atoms with Crippen LogP contribution in [-0.2, 0) is 27.9 Å². The van der Waals surface area contributed by atoms with Crippen molar-refractivity contribution < 1.29 is 43.0 Å². The number of carbonyl (C=O) groups excluding carboxylic acids is 1. The highest BCUT2D eigenvalue weighted by Gasteiger charge is 2.26. The first-order chi connectivity index (χ1) is 28.3. The summed E-state index contributed by atoms with van der Waals surface area (Å²) >= 11 is 0. The van der Waals surface area contributed by atoms with Gasteiger partial charge in [0, 0.05) is 13.0 Å². The Morgan fingerprint density at radius 1 is 0.552 bits per heavy atom. The zero-order chi connectivity index (χ0) is 42.5. The van der Waals surface area contributed by atoms with Crippen LogP contribution in [0.5, 0.6) is 0 Å². The normalized spacial score (nSPS) is 14.6. The number of aliphatic hydroxyl groups excluding tert-OH is 2. The Bertz CT molecular complexity index is 1130. The van der Waals surface area contributed by atoms with Crippen molar-refractivity contribution in [3.63, 3.8) is 0 Å². The highest BCUT2D eigenvalue weighted by molar-refractivity contribution is 7.47. The number of ether oxygens (including phenoxy) is 2. The first-order valence-electron chi connectivity index (χ1n) is 22.9. The van der Waals surface area contributed by atoms with Crippen LogP contribution in [0.1, 0.15) is 181 Å². The Balaban J connectivity index is 4.13. The van der Waals surface area contributed by atoms with Crippen molar-refractivity contribution >= 4 is 13.8 Å². The van der Waals surface area contributed by atoms with Crippen molar-refractivity contribution in [1.29, 1.82) is 0 Å². The van der Waals surface area contributed by atoms with Gasteiger partial charge < -0.3 is 24.6 Å². The number of phosphoric acid groups is 1. The maximum absolute atomic E-state index is 12.6. The SMILES string of the molecule is CC/C=C\C/C=C\C/C=C\CCCCCC(=O)OC(COCCCCCCCCCCC/C=C\C/C=C\C/C=C\CCCCCCC)COP(=O)(O)OCC(O)CO. The van der Waals surface area contributed by atoms with Gasteiger partial charge >= 0.3 is 13.8 Å². The highest BCUT2D eigenvalue weighted by Crippen LogP contribution is 2.43. The minimum absolute atomic E-state index is 0.0297. The molecule has 10 heteroatoms. The predicted molar refractivity (Wildman–Crippen MR) is 242 cm³/mol. The van der Waals surface area contributed by atoms with Gasteiger partial charge in [-0.15, -0.1) is 0 Å². The summed E-state index contributed by atoms with van der Waals surface area (Å²) in [6.07, 6.45) is 53.0. The van der Waals surface area contributed by atoms with Crippen LogP contribution in [0.2, 0.25) is 0 Å². The van der Waals surface area contributed by atoms with Crippen molar-refractivity contribution in [3.05, 3.63) is 72.9 Å². The average Bonchev–Trinajstić information content (AvgIpc) is 3.21. The molecule has 0 aliphatic carbocycles. The molecule has 0 fully saturated rings. The van der Waals surface area contributed by atoms with E-state index in [4.69, 9.17) is 23.6 Å². The molecule has 0 rings (SSSR count). The Morgan fingerprint density at radius 2 is 0.983 bits per heavy atom. The van der Waals surface area contributed by atoms with Crippen LogP contribution in [0.15, 0.2) is 72.9 Å². The predicted octanol–water partition coefficient (Wildman–Crippen LogP) is 12.9. The van der Waals surface area contributed by atoms with E-state index in [1.54, 1.807) is 0 Å². The summed E-state index contributed by atoms with van der Waals surface area (Å²) in [4.78, 5) is 22.6. The van der Waals surface area contributed by atoms with Crippen LogP contribution in [0.3, 0.4) is 0 Å². The first kappa shape index (κ1) is 55.9. The Labute approximate surface area is 354 Å². The van der Waals surface area contributed by atoms with Gasteiger partial charge in [0.15, 0.2) is 0 Å². The van der Waals surface area contributed by atoms with Crippen molar-refractivity contribution in [3.8, 4) is 0 Å². The molecule has 0 aromatic rings. The van der Waals surface area contributed by atoms with Crippen LogP contribution in [0.4, 0.5) is 0 Å². The van der Waals surface area contributed by atoms with Crippen molar-refractivity contribution in [2.24, 2.45) is 0 Å². The first-order valence-corrected chi connectivity index (χ1v) is 24.4. The zero-order valence-electron chi connectivity index (χ0n) is 36.7. The molecule has 0 aromatic heterocycles. The van der Waals surface area contributed by atoms with E-state index < -0.39 is 45.8 Å². The number of aliphatic hydroxyl groups is 2. The van der Waals surface area contributed by atoms with Crippen LogP contribution in [-0.4, -0.2) is 66.3 Å². The number of hydrogen-bond donors (Lipinski definition) is 3.